The third-order valence-corrected chi connectivity index (χ3v) is 7.78. The van der Waals surface area contributed by atoms with Crippen LogP contribution in [0, 0.1) is 0 Å². The van der Waals surface area contributed by atoms with Crippen molar-refractivity contribution in [2.75, 3.05) is 9.62 Å². The topological polar surface area (TPSA) is 126 Å². The van der Waals surface area contributed by atoms with Crippen LogP contribution in [0.15, 0.2) is 22.4 Å². The second-order valence-electron chi connectivity index (χ2n) is 9.91. The number of azo groups is 1. The molecule has 0 spiro atoms. The molecular formula is C23H31F3N6O4S2. The van der Waals surface area contributed by atoms with E-state index in [-0.39, 0.29) is 33.6 Å². The number of hydrogen-bond acceptors (Lipinski definition) is 10. The third-order valence-electron chi connectivity index (χ3n) is 5.90. The van der Waals surface area contributed by atoms with E-state index in [4.69, 9.17) is 4.74 Å². The van der Waals surface area contributed by atoms with E-state index in [0.29, 0.717) is 12.1 Å². The number of halogens is 3. The maximum absolute atomic E-state index is 13.2. The van der Waals surface area contributed by atoms with E-state index in [1.54, 1.807) is 25.5 Å². The van der Waals surface area contributed by atoms with Gasteiger partial charge in [-0.1, -0.05) is 25.2 Å². The van der Waals surface area contributed by atoms with Gasteiger partial charge in [-0.3, -0.25) is 4.72 Å². The summed E-state index contributed by atoms with van der Waals surface area (Å²) in [6, 6.07) is 3.15. The minimum absolute atomic E-state index is 0.0551. The Balaban J connectivity index is 2.05. The minimum Gasteiger partial charge on any atom is -0.455 e. The van der Waals surface area contributed by atoms with Crippen molar-refractivity contribution < 1.29 is 31.1 Å². The molecule has 1 N–H and O–H groups in total. The predicted molar refractivity (Wildman–Crippen MR) is 139 cm³/mol. The number of nitrogens with one attached hydrogen (secondary N) is 1. The number of esters is 1. The van der Waals surface area contributed by atoms with Gasteiger partial charge in [0.25, 0.3) is 5.13 Å². The summed E-state index contributed by atoms with van der Waals surface area (Å²) in [6.45, 7) is 11.2. The first-order valence-electron chi connectivity index (χ1n) is 12.1. The molecule has 2 heterocycles. The number of aromatic nitrogens is 2. The molecule has 210 valence electrons. The van der Waals surface area contributed by atoms with Crippen LogP contribution >= 0.6 is 11.3 Å². The molecule has 10 nitrogen and oxygen atoms in total. The molecule has 0 radical (unpaired) electrons. The molecule has 1 aromatic carbocycles. The zero-order valence-corrected chi connectivity index (χ0v) is 23.6. The molecule has 0 aliphatic carbocycles. The van der Waals surface area contributed by atoms with Crippen LogP contribution in [0.1, 0.15) is 76.2 Å². The van der Waals surface area contributed by atoms with E-state index in [1.165, 1.54) is 12.1 Å². The zero-order valence-electron chi connectivity index (χ0n) is 22.0. The van der Waals surface area contributed by atoms with Crippen molar-refractivity contribution >= 4 is 49.5 Å². The van der Waals surface area contributed by atoms with Gasteiger partial charge in [-0.15, -0.1) is 20.4 Å². The number of alkyl halides is 3. The number of sulfonamides is 1. The molecular weight excluding hydrogens is 545 g/mol. The summed E-state index contributed by atoms with van der Waals surface area (Å²) in [7, 11) is -5.73. The highest BCUT2D eigenvalue weighted by atomic mass is 32.2. The Bertz CT molecular complexity index is 1300. The van der Waals surface area contributed by atoms with Crippen molar-refractivity contribution in [3.8, 4) is 0 Å². The molecule has 1 aromatic heterocycles. The largest absolute Gasteiger partial charge is 0.516 e. The maximum Gasteiger partial charge on any atom is 0.516 e. The molecule has 0 fully saturated rings. The standard InChI is InChI=1S/C23H31F3N6O4S2/c1-7-15(8-2)32-13(3)9-10-14-11-16(17(12-18(14)32)31-38(34,35)23(24,25)26)27-29-21-30-28-19(37-21)20(33)36-22(4,5)6/h11-13,15,31H,7-10H2,1-6H3. The maximum atomic E-state index is 13.2. The fraction of sp³-hybridized carbons (Fsp3) is 0.609. The van der Waals surface area contributed by atoms with E-state index >= 15 is 0 Å². The van der Waals surface area contributed by atoms with Crippen molar-refractivity contribution in [2.24, 2.45) is 10.2 Å². The Hall–Kier alpha value is -2.81. The minimum atomic E-state index is -5.73. The Kier molecular flexibility index (Phi) is 8.71. The van der Waals surface area contributed by atoms with Crippen LogP contribution in [0.5, 0.6) is 0 Å². The summed E-state index contributed by atoms with van der Waals surface area (Å²) in [5, 5.41) is 15.3. The van der Waals surface area contributed by atoms with Gasteiger partial charge in [0, 0.05) is 17.8 Å². The summed E-state index contributed by atoms with van der Waals surface area (Å²) >= 11 is 0.779. The molecule has 1 aliphatic heterocycles. The smallest absolute Gasteiger partial charge is 0.455 e. The van der Waals surface area contributed by atoms with Crippen LogP contribution in [-0.2, 0) is 21.2 Å². The lowest BCUT2D eigenvalue weighted by Gasteiger charge is -2.42. The normalized spacial score (nSPS) is 16.7. The number of hydrogen-bond donors (Lipinski definition) is 1. The van der Waals surface area contributed by atoms with E-state index in [1.807, 2.05) is 20.8 Å². The highest BCUT2D eigenvalue weighted by Crippen LogP contribution is 2.42. The third kappa shape index (κ3) is 6.79. The Morgan fingerprint density at radius 1 is 1.21 bits per heavy atom. The monoisotopic (exact) mass is 576 g/mol. The molecule has 2 aromatic rings. The lowest BCUT2D eigenvalue weighted by atomic mass is 9.92. The van der Waals surface area contributed by atoms with Gasteiger partial charge in [0.05, 0.1) is 5.69 Å². The van der Waals surface area contributed by atoms with Crippen molar-refractivity contribution in [2.45, 2.75) is 90.4 Å². The molecule has 3 rings (SSSR count). The van der Waals surface area contributed by atoms with Crippen molar-refractivity contribution in [1.82, 2.24) is 10.2 Å². The summed E-state index contributed by atoms with van der Waals surface area (Å²) in [5.74, 6) is -0.709. The highest BCUT2D eigenvalue weighted by molar-refractivity contribution is 7.93. The number of carbonyl (C=O) groups is 1. The number of anilines is 2. The van der Waals surface area contributed by atoms with Gasteiger partial charge in [-0.05, 0) is 71.1 Å². The summed E-state index contributed by atoms with van der Waals surface area (Å²) < 4.78 is 70.6. The van der Waals surface area contributed by atoms with E-state index < -0.39 is 27.1 Å². The van der Waals surface area contributed by atoms with Crippen molar-refractivity contribution in [3.05, 3.63) is 22.7 Å². The predicted octanol–water partition coefficient (Wildman–Crippen LogP) is 6.50. The second-order valence-corrected chi connectivity index (χ2v) is 12.5. The highest BCUT2D eigenvalue weighted by Gasteiger charge is 2.46. The van der Waals surface area contributed by atoms with Crippen LogP contribution < -0.4 is 9.62 Å². The van der Waals surface area contributed by atoms with Crippen molar-refractivity contribution in [1.29, 1.82) is 0 Å². The van der Waals surface area contributed by atoms with E-state index in [0.717, 1.165) is 36.2 Å². The molecule has 1 aliphatic rings. The molecule has 0 saturated carbocycles. The summed E-state index contributed by atoms with van der Waals surface area (Å²) in [4.78, 5) is 14.3. The van der Waals surface area contributed by atoms with E-state index in [2.05, 4.69) is 25.3 Å². The molecule has 15 heteroatoms. The number of benzene rings is 1. The molecule has 0 saturated heterocycles. The lowest BCUT2D eigenvalue weighted by molar-refractivity contribution is -0.0429. The van der Waals surface area contributed by atoms with Gasteiger partial charge in [0.1, 0.15) is 11.3 Å². The number of fused-ring (bicyclic) bond motifs is 1. The number of carbonyl (C=O) groups excluding carboxylic acids is 1. The number of nitrogens with zero attached hydrogens (tertiary/aromatic N) is 5. The quantitative estimate of drug-likeness (QED) is 0.281. The van der Waals surface area contributed by atoms with Gasteiger partial charge >= 0.3 is 21.5 Å². The fourth-order valence-electron chi connectivity index (χ4n) is 4.16. The molecule has 1 unspecified atom stereocenters. The number of ether oxygens (including phenoxy) is 1. The first-order valence-corrected chi connectivity index (χ1v) is 14.4. The van der Waals surface area contributed by atoms with Gasteiger partial charge < -0.3 is 9.64 Å². The van der Waals surface area contributed by atoms with Gasteiger partial charge in [-0.25, -0.2) is 4.79 Å². The number of aryl methyl sites for hydroxylation is 1. The molecule has 38 heavy (non-hydrogen) atoms. The van der Waals surface area contributed by atoms with Crippen LogP contribution in [0.3, 0.4) is 0 Å². The van der Waals surface area contributed by atoms with Gasteiger partial charge in [-0.2, -0.15) is 21.6 Å². The van der Waals surface area contributed by atoms with Crippen LogP contribution in [0.4, 0.5) is 35.4 Å². The van der Waals surface area contributed by atoms with Gasteiger partial charge in [0.2, 0.25) is 5.01 Å². The average Bonchev–Trinajstić information content (AvgIpc) is 3.27. The zero-order chi connectivity index (χ0) is 28.5. The van der Waals surface area contributed by atoms with Crippen LogP contribution in [0.2, 0.25) is 0 Å². The SMILES string of the molecule is CCC(CC)N1c2cc(NS(=O)(=O)C(F)(F)F)c(N=Nc3nnc(C(=O)OC(C)(C)C)s3)cc2CCC1C. The lowest BCUT2D eigenvalue weighted by Crippen LogP contribution is -2.44. The van der Waals surface area contributed by atoms with Crippen LogP contribution in [-0.4, -0.2) is 47.8 Å². The van der Waals surface area contributed by atoms with Gasteiger partial charge in [0.15, 0.2) is 0 Å². The number of rotatable bonds is 8. The Morgan fingerprint density at radius 3 is 2.45 bits per heavy atom. The Morgan fingerprint density at radius 2 is 1.87 bits per heavy atom. The molecule has 1 atom stereocenters. The molecule has 0 amide bonds. The first-order chi connectivity index (χ1) is 17.6. The molecule has 0 bridgehead atoms. The summed E-state index contributed by atoms with van der Waals surface area (Å²) in [6.07, 6.45) is 3.05. The second kappa shape index (κ2) is 11.1. The first kappa shape index (κ1) is 29.7. The summed E-state index contributed by atoms with van der Waals surface area (Å²) in [5.41, 5.74) is -5.30. The van der Waals surface area contributed by atoms with Crippen LogP contribution in [0.25, 0.3) is 0 Å². The average molecular weight is 577 g/mol. The van der Waals surface area contributed by atoms with Crippen molar-refractivity contribution in [3.63, 3.8) is 0 Å². The fourth-order valence-corrected chi connectivity index (χ4v) is 5.28. The van der Waals surface area contributed by atoms with E-state index in [9.17, 15) is 26.4 Å². The Labute approximate surface area is 223 Å².